The predicted octanol–water partition coefficient (Wildman–Crippen LogP) is 31.4. The minimum Gasteiger partial charge on any atom is -0.451 e. The van der Waals surface area contributed by atoms with Crippen LogP contribution in [0.1, 0.15) is 215 Å². The van der Waals surface area contributed by atoms with Gasteiger partial charge in [-0.15, -0.1) is 5.10 Å². The molecule has 20 rings (SSSR count). The molecule has 20 nitrogen and oxygen atoms in total. The first kappa shape index (κ1) is 93.8. The van der Waals surface area contributed by atoms with Crippen molar-refractivity contribution in [2.24, 2.45) is 0 Å². The van der Waals surface area contributed by atoms with Crippen LogP contribution in [0.4, 0.5) is 85.8 Å². The van der Waals surface area contributed by atoms with E-state index < -0.39 is 0 Å². The minimum atomic E-state index is 0.102. The Bertz CT molecular complexity index is 6030. The predicted molar refractivity (Wildman–Crippen MR) is 549 cm³/mol. The standard InChI is InChI=1S/5C23H25N3O/c1-14-7-8-20-18(9-14)26(19-12-24-25-13-21(19)27-20)22-15(2)10-17(11-16(22)3)23(4,5)6;1-14-7-8-19-18(9-14)26(22-20(27-19)12-24-13-25-22)21-15(2)10-17(11-16(21)3)23(4,5)6;1-14-7-8-19-18(11-14)26(22-20(27-19)9-10-24-25-22)21-15(2)12-17(13-16(21)3)23(4,5)6;1-14-10-17(23(4,5)6)11-15(2)21(14)26-18-12-16(3)25-13-20(18)27-19-8-7-9-24-22(19)26;1-14-10-18-22(25-13-14)27-19-8-7-9-24-21(19)26(18)20-15(2)11-17(12-16(20)3)23(4,5)6/h5*7-13H,1-6H3. The fraction of sp³-hybridized carbons (Fsp3) is 0.304. The molecule has 5 aliphatic heterocycles. The molecule has 0 aliphatic carbocycles. The second-order valence-corrected chi connectivity index (χ2v) is 41.6. The van der Waals surface area contributed by atoms with Gasteiger partial charge in [0.15, 0.2) is 69.2 Å². The Morgan fingerprint density at radius 1 is 0.230 bits per heavy atom. The van der Waals surface area contributed by atoms with Crippen LogP contribution in [-0.2, 0) is 27.1 Å². The van der Waals surface area contributed by atoms with Crippen molar-refractivity contribution < 1.29 is 23.7 Å². The van der Waals surface area contributed by atoms with E-state index in [-0.39, 0.29) is 27.1 Å². The smallest absolute Gasteiger partial charge is 0.244 e. The van der Waals surface area contributed by atoms with E-state index in [9.17, 15) is 0 Å². The molecule has 0 amide bonds. The van der Waals surface area contributed by atoms with Gasteiger partial charge in [-0.1, -0.05) is 183 Å². The highest BCUT2D eigenvalue weighted by Gasteiger charge is 2.38. The third-order valence-corrected chi connectivity index (χ3v) is 25.1. The van der Waals surface area contributed by atoms with Gasteiger partial charge in [0.25, 0.3) is 0 Å². The van der Waals surface area contributed by atoms with Crippen LogP contribution >= 0.6 is 0 Å². The van der Waals surface area contributed by atoms with Gasteiger partial charge < -0.3 is 28.6 Å². The van der Waals surface area contributed by atoms with E-state index in [2.05, 4.69) is 378 Å². The summed E-state index contributed by atoms with van der Waals surface area (Å²) in [5, 5.41) is 16.6. The highest BCUT2D eigenvalue weighted by atomic mass is 16.5. The summed E-state index contributed by atoms with van der Waals surface area (Å²) in [7, 11) is 0. The first-order valence-electron chi connectivity index (χ1n) is 46.3. The van der Waals surface area contributed by atoms with Crippen LogP contribution in [0.2, 0.25) is 0 Å². The van der Waals surface area contributed by atoms with E-state index in [0.29, 0.717) is 11.6 Å². The second-order valence-electron chi connectivity index (χ2n) is 41.6. The summed E-state index contributed by atoms with van der Waals surface area (Å²) in [6.45, 7) is 65.7. The Labute approximate surface area is 796 Å². The number of aryl methyl sites for hydroxylation is 15. The molecule has 0 saturated heterocycles. The zero-order chi connectivity index (χ0) is 96.7. The zero-order valence-electron chi connectivity index (χ0n) is 84.0. The number of benzene rings is 8. The number of hydrogen-bond acceptors (Lipinski definition) is 20. The lowest BCUT2D eigenvalue weighted by Crippen LogP contribution is -2.21. The fourth-order valence-electron chi connectivity index (χ4n) is 18.2. The molecule has 5 aliphatic rings. The third kappa shape index (κ3) is 18.9. The summed E-state index contributed by atoms with van der Waals surface area (Å²) < 4.78 is 30.4. The first-order chi connectivity index (χ1) is 63.8. The highest BCUT2D eigenvalue weighted by molar-refractivity contribution is 5.93. The van der Waals surface area contributed by atoms with Gasteiger partial charge >= 0.3 is 0 Å². The Hall–Kier alpha value is -14.4. The summed E-state index contributed by atoms with van der Waals surface area (Å²) in [4.78, 5) is 37.9. The molecular weight excluding hydrogens is 1670 g/mol. The second kappa shape index (κ2) is 36.2. The Morgan fingerprint density at radius 3 is 0.993 bits per heavy atom. The summed E-state index contributed by atoms with van der Waals surface area (Å²) in [5.74, 6) is 10.5. The van der Waals surface area contributed by atoms with E-state index in [0.717, 1.165) is 137 Å². The van der Waals surface area contributed by atoms with E-state index in [4.69, 9.17) is 23.7 Å². The van der Waals surface area contributed by atoms with Gasteiger partial charge in [0, 0.05) is 30.4 Å². The Kier molecular flexibility index (Phi) is 25.2. The van der Waals surface area contributed by atoms with Crippen LogP contribution in [0, 0.1) is 104 Å². The minimum absolute atomic E-state index is 0.102. The van der Waals surface area contributed by atoms with Crippen molar-refractivity contribution in [2.75, 3.05) is 24.5 Å². The SMILES string of the molecule is Cc1cc2c(cn1)Oc1cccnc1N2c1c(C)cc(C(C)(C)C)cc1C.Cc1ccc2c(c1)N(c1c(C)cc(C(C)(C)C)cc1C)c1cnncc1O2.Cc1ccc2c(c1)N(c1c(C)cc(C(C)(C)C)cc1C)c1ncncc1O2.Cc1ccc2c(c1)N(c1c(C)cc(C(C)(C)C)cc1C)c1nnccc1O2.Cc1cnc2c(c1)N(c1c(C)cc(C(C)(C)C)cc1C)c1ncccc1O2. The number of nitrogens with zero attached hydrogens (tertiary/aromatic N) is 15. The highest BCUT2D eigenvalue weighted by Crippen LogP contribution is 2.58. The lowest BCUT2D eigenvalue weighted by atomic mass is 9.84. The maximum Gasteiger partial charge on any atom is 0.244 e. The Balaban J connectivity index is 0.000000123. The molecule has 7 aromatic heterocycles. The van der Waals surface area contributed by atoms with Crippen molar-refractivity contribution in [3.8, 4) is 57.6 Å². The van der Waals surface area contributed by atoms with Crippen molar-refractivity contribution in [1.29, 1.82) is 0 Å². The number of pyridine rings is 4. The van der Waals surface area contributed by atoms with E-state index in [1.807, 2.05) is 74.8 Å². The van der Waals surface area contributed by atoms with E-state index in [1.54, 1.807) is 43.5 Å². The molecule has 0 radical (unpaired) electrons. The van der Waals surface area contributed by atoms with Gasteiger partial charge in [0.1, 0.15) is 17.7 Å². The van der Waals surface area contributed by atoms with Gasteiger partial charge in [0.05, 0.1) is 82.2 Å². The van der Waals surface area contributed by atoms with Crippen molar-refractivity contribution in [3.63, 3.8) is 0 Å². The molecule has 15 aromatic rings. The summed E-state index contributed by atoms with van der Waals surface area (Å²) in [6.07, 6.45) is 15.7. The van der Waals surface area contributed by atoms with Crippen molar-refractivity contribution in [2.45, 2.75) is 235 Å². The summed E-state index contributed by atoms with van der Waals surface area (Å²) >= 11 is 0. The first-order valence-corrected chi connectivity index (χ1v) is 46.3. The van der Waals surface area contributed by atoms with Crippen LogP contribution in [0.25, 0.3) is 0 Å². The number of aromatic nitrogens is 10. The normalized spacial score (nSPS) is 13.0. The van der Waals surface area contributed by atoms with Crippen LogP contribution in [0.15, 0.2) is 214 Å². The number of rotatable bonds is 5. The fourth-order valence-corrected chi connectivity index (χ4v) is 18.2. The lowest BCUT2D eigenvalue weighted by molar-refractivity contribution is 0.454. The summed E-state index contributed by atoms with van der Waals surface area (Å²) in [6, 6.07) is 55.3. The Morgan fingerprint density at radius 2 is 0.563 bits per heavy atom. The third-order valence-electron chi connectivity index (χ3n) is 25.1. The molecule has 0 fully saturated rings. The molecule has 0 atom stereocenters. The molecule has 0 bridgehead atoms. The number of ether oxygens (including phenoxy) is 5. The topological polar surface area (TPSA) is 191 Å². The average Bonchev–Trinajstić information content (AvgIpc) is 0.761. The molecule has 690 valence electrons. The van der Waals surface area contributed by atoms with Crippen LogP contribution in [0.3, 0.4) is 0 Å². The van der Waals surface area contributed by atoms with E-state index >= 15 is 0 Å². The van der Waals surface area contributed by atoms with Gasteiger partial charge in [-0.05, 0) is 309 Å². The maximum absolute atomic E-state index is 6.10. The molecule has 20 heteroatoms. The molecule has 0 saturated carbocycles. The number of fused-ring (bicyclic) bond motifs is 10. The molecular formula is C115H125N15O5. The molecule has 8 aromatic carbocycles. The molecule has 135 heavy (non-hydrogen) atoms. The summed E-state index contributed by atoms with van der Waals surface area (Å²) in [5.41, 5.74) is 36.6. The van der Waals surface area contributed by atoms with Gasteiger partial charge in [-0.2, -0.15) is 15.3 Å². The average molecular weight is 1800 g/mol. The molecule has 0 spiro atoms. The largest absolute Gasteiger partial charge is 0.451 e. The van der Waals surface area contributed by atoms with Gasteiger partial charge in [0.2, 0.25) is 11.7 Å². The van der Waals surface area contributed by atoms with Crippen LogP contribution < -0.4 is 48.2 Å². The molecule has 12 heterocycles. The molecule has 0 N–H and O–H groups in total. The van der Waals surface area contributed by atoms with Crippen LogP contribution in [-0.4, -0.2) is 50.3 Å². The number of hydrogen-bond donors (Lipinski definition) is 0. The lowest BCUT2D eigenvalue weighted by Gasteiger charge is -2.35. The van der Waals surface area contributed by atoms with Gasteiger partial charge in [-0.3, -0.25) is 24.6 Å². The molecule has 0 unspecified atom stereocenters. The van der Waals surface area contributed by atoms with Crippen molar-refractivity contribution in [1.82, 2.24) is 50.3 Å². The number of anilines is 15. The maximum atomic E-state index is 6.10. The van der Waals surface area contributed by atoms with E-state index in [1.165, 1.54) is 106 Å². The quantitative estimate of drug-likeness (QED) is 0.158. The zero-order valence-corrected chi connectivity index (χ0v) is 84.0. The van der Waals surface area contributed by atoms with Crippen molar-refractivity contribution in [3.05, 3.63) is 325 Å². The monoisotopic (exact) mass is 1800 g/mol. The van der Waals surface area contributed by atoms with Gasteiger partial charge in [-0.25, -0.2) is 24.9 Å². The van der Waals surface area contributed by atoms with Crippen molar-refractivity contribution >= 4 is 85.8 Å². The van der Waals surface area contributed by atoms with Crippen LogP contribution in [0.5, 0.6) is 57.6 Å².